The number of rotatable bonds is 4. The van der Waals surface area contributed by atoms with Crippen molar-refractivity contribution in [1.29, 1.82) is 0 Å². The number of anilines is 1. The second-order valence-corrected chi connectivity index (χ2v) is 9.24. The van der Waals surface area contributed by atoms with Crippen LogP contribution in [0.3, 0.4) is 0 Å². The summed E-state index contributed by atoms with van der Waals surface area (Å²) in [6, 6.07) is 11.9. The highest BCUT2D eigenvalue weighted by Gasteiger charge is 2.38. The van der Waals surface area contributed by atoms with Crippen LogP contribution in [0.4, 0.5) is 10.5 Å². The van der Waals surface area contributed by atoms with Gasteiger partial charge in [-0.3, -0.25) is 4.79 Å². The number of aliphatic hydroxyl groups is 1. The van der Waals surface area contributed by atoms with Gasteiger partial charge in [-0.25, -0.2) is 9.59 Å². The van der Waals surface area contributed by atoms with E-state index in [-0.39, 0.29) is 25.4 Å². The van der Waals surface area contributed by atoms with E-state index in [1.54, 1.807) is 6.07 Å². The molecule has 36 heavy (non-hydrogen) atoms. The molecule has 4 N–H and O–H groups in total. The summed E-state index contributed by atoms with van der Waals surface area (Å²) in [5, 5.41) is 24.5. The van der Waals surface area contributed by atoms with Crippen molar-refractivity contribution >= 4 is 23.6 Å². The van der Waals surface area contributed by atoms with Crippen LogP contribution >= 0.6 is 0 Å². The highest BCUT2D eigenvalue weighted by atomic mass is 16.4. The number of amides is 3. The Morgan fingerprint density at radius 2 is 1.81 bits per heavy atom. The van der Waals surface area contributed by atoms with Crippen LogP contribution < -0.4 is 15.5 Å². The molecule has 2 heterocycles. The second kappa shape index (κ2) is 12.5. The first kappa shape index (κ1) is 27.2. The van der Waals surface area contributed by atoms with Crippen molar-refractivity contribution in [2.24, 2.45) is 0 Å². The van der Waals surface area contributed by atoms with Gasteiger partial charge in [0.1, 0.15) is 6.04 Å². The van der Waals surface area contributed by atoms with Gasteiger partial charge in [0.25, 0.3) is 5.91 Å². The fourth-order valence-electron chi connectivity index (χ4n) is 4.63. The minimum Gasteiger partial charge on any atom is -0.480 e. The van der Waals surface area contributed by atoms with E-state index in [4.69, 9.17) is 0 Å². The van der Waals surface area contributed by atoms with E-state index in [2.05, 4.69) is 16.7 Å². The topological polar surface area (TPSA) is 122 Å². The third-order valence-corrected chi connectivity index (χ3v) is 6.45. The zero-order valence-corrected chi connectivity index (χ0v) is 21.2. The maximum atomic E-state index is 13.3. The number of likely N-dealkylation sites (tertiary alicyclic amines) is 1. The van der Waals surface area contributed by atoms with Crippen molar-refractivity contribution in [2.45, 2.75) is 51.3 Å². The molecule has 2 aromatic rings. The number of aryl methyl sites for hydroxylation is 2. The lowest BCUT2D eigenvalue weighted by Gasteiger charge is -2.24. The van der Waals surface area contributed by atoms with E-state index < -0.39 is 24.1 Å². The van der Waals surface area contributed by atoms with E-state index in [0.29, 0.717) is 12.1 Å². The van der Waals surface area contributed by atoms with Gasteiger partial charge in [-0.05, 0) is 75.2 Å². The van der Waals surface area contributed by atoms with E-state index >= 15 is 0 Å². The number of aliphatic carboxylic acids is 1. The number of hydrogen-bond acceptors (Lipinski definition) is 5. The molecule has 0 spiro atoms. The smallest absolute Gasteiger partial charge is 0.326 e. The monoisotopic (exact) mass is 496 g/mol. The number of hydrogen-bond donors (Lipinski definition) is 4. The predicted molar refractivity (Wildman–Crippen MR) is 138 cm³/mol. The lowest BCUT2D eigenvalue weighted by Crippen LogP contribution is -2.46. The number of benzene rings is 2. The molecule has 1 saturated heterocycles. The standard InChI is InChI=1S/C25H29N3O5.C2H7N/c1-16-12-18(23(30)27-11-5-4-7-17-6-2-3-8-21(17)27)9-10-19(16)14-26-25(33)28-15-20(29)13-22(28)24(31)32;1-3-2/h2-3,6,8-10,12,20,22,29H,4-5,7,11,13-15H2,1H3,(H,26,33)(H,31,32);3H,1-2H3/t20-,22+;/m1./s1. The molecule has 0 saturated carbocycles. The molecule has 1 fully saturated rings. The summed E-state index contributed by atoms with van der Waals surface area (Å²) in [7, 11) is 3.75. The molecule has 2 aliphatic rings. The molecule has 3 amide bonds. The Labute approximate surface area is 212 Å². The highest BCUT2D eigenvalue weighted by molar-refractivity contribution is 6.06. The third kappa shape index (κ3) is 6.41. The first-order valence-electron chi connectivity index (χ1n) is 12.3. The first-order valence-corrected chi connectivity index (χ1v) is 12.3. The normalized spacial score (nSPS) is 19.0. The molecular weight excluding hydrogens is 460 g/mol. The minimum absolute atomic E-state index is 0.00741. The van der Waals surface area contributed by atoms with Crippen molar-refractivity contribution in [3.05, 3.63) is 64.7 Å². The number of β-amino-alcohol motifs (C(OH)–C–C–N with tert-alkyl or cyclic N) is 1. The Balaban J connectivity index is 0.00000115. The highest BCUT2D eigenvalue weighted by Crippen LogP contribution is 2.28. The van der Waals surface area contributed by atoms with Crippen LogP contribution in [0, 0.1) is 6.92 Å². The number of nitrogens with zero attached hydrogens (tertiary/aromatic N) is 2. The van der Waals surface area contributed by atoms with Gasteiger partial charge in [0, 0.05) is 37.3 Å². The minimum atomic E-state index is -1.13. The molecule has 0 unspecified atom stereocenters. The van der Waals surface area contributed by atoms with Crippen molar-refractivity contribution in [3.8, 4) is 0 Å². The Kier molecular flexibility index (Phi) is 9.44. The summed E-state index contributed by atoms with van der Waals surface area (Å²) < 4.78 is 0. The Morgan fingerprint density at radius 3 is 2.50 bits per heavy atom. The quantitative estimate of drug-likeness (QED) is 0.516. The summed E-state index contributed by atoms with van der Waals surface area (Å²) >= 11 is 0. The molecule has 0 bridgehead atoms. The van der Waals surface area contributed by atoms with Crippen LogP contribution in [-0.2, 0) is 17.8 Å². The van der Waals surface area contributed by atoms with Gasteiger partial charge >= 0.3 is 12.0 Å². The van der Waals surface area contributed by atoms with E-state index in [1.807, 2.05) is 56.3 Å². The molecule has 2 aliphatic heterocycles. The van der Waals surface area contributed by atoms with Gasteiger partial charge in [-0.1, -0.05) is 24.3 Å². The molecule has 194 valence electrons. The summed E-state index contributed by atoms with van der Waals surface area (Å²) in [5.41, 5.74) is 4.44. The Bertz CT molecular complexity index is 1090. The number of para-hydroxylation sites is 1. The fourth-order valence-corrected chi connectivity index (χ4v) is 4.63. The fraction of sp³-hybridized carbons (Fsp3) is 0.444. The maximum absolute atomic E-state index is 13.3. The van der Waals surface area contributed by atoms with Crippen molar-refractivity contribution in [1.82, 2.24) is 15.5 Å². The zero-order valence-electron chi connectivity index (χ0n) is 21.2. The maximum Gasteiger partial charge on any atom is 0.326 e. The van der Waals surface area contributed by atoms with Gasteiger partial charge in [0.05, 0.1) is 6.10 Å². The van der Waals surface area contributed by atoms with Crippen LogP contribution in [0.1, 0.15) is 46.3 Å². The van der Waals surface area contributed by atoms with Gasteiger partial charge in [0.2, 0.25) is 0 Å². The summed E-state index contributed by atoms with van der Waals surface area (Å²) in [4.78, 5) is 40.2. The van der Waals surface area contributed by atoms with Gasteiger partial charge < -0.3 is 30.6 Å². The number of carboxylic acids is 1. The molecule has 0 aromatic heterocycles. The van der Waals surface area contributed by atoms with Crippen LogP contribution in [0.2, 0.25) is 0 Å². The number of carbonyl (C=O) groups excluding carboxylic acids is 2. The van der Waals surface area contributed by atoms with Crippen LogP contribution in [0.15, 0.2) is 42.5 Å². The zero-order chi connectivity index (χ0) is 26.2. The van der Waals surface area contributed by atoms with Crippen molar-refractivity contribution in [2.75, 3.05) is 32.1 Å². The first-order chi connectivity index (χ1) is 17.3. The average Bonchev–Trinajstić information content (AvgIpc) is 3.13. The van der Waals surface area contributed by atoms with E-state index in [9.17, 15) is 24.6 Å². The number of nitrogens with one attached hydrogen (secondary N) is 2. The Morgan fingerprint density at radius 1 is 1.08 bits per heavy atom. The SMILES string of the molecule is CNC.Cc1cc(C(=O)N2CCCCc3ccccc32)ccc1CNC(=O)N1C[C@H](O)C[C@H]1C(=O)O. The molecule has 4 rings (SSSR count). The summed E-state index contributed by atoms with van der Waals surface area (Å²) in [6.45, 7) is 2.75. The molecule has 0 aliphatic carbocycles. The van der Waals surface area contributed by atoms with Crippen molar-refractivity contribution in [3.63, 3.8) is 0 Å². The van der Waals surface area contributed by atoms with Crippen LogP contribution in [-0.4, -0.2) is 72.4 Å². The predicted octanol–water partition coefficient (Wildman–Crippen LogP) is 2.54. The number of aliphatic hydroxyl groups excluding tert-OH is 1. The molecular formula is C27H36N4O5. The number of fused-ring (bicyclic) bond motifs is 1. The second-order valence-electron chi connectivity index (χ2n) is 9.24. The number of carbonyl (C=O) groups is 3. The van der Waals surface area contributed by atoms with Crippen LogP contribution in [0.5, 0.6) is 0 Å². The molecule has 0 radical (unpaired) electrons. The van der Waals surface area contributed by atoms with Gasteiger partial charge in [-0.15, -0.1) is 0 Å². The number of urea groups is 1. The Hall–Kier alpha value is -3.43. The van der Waals surface area contributed by atoms with E-state index in [1.165, 1.54) is 5.56 Å². The molecule has 2 aromatic carbocycles. The molecule has 9 nitrogen and oxygen atoms in total. The number of carboxylic acid groups (broad SMARTS) is 1. The summed E-state index contributed by atoms with van der Waals surface area (Å²) in [5.74, 6) is -1.17. The largest absolute Gasteiger partial charge is 0.480 e. The molecule has 2 atom stereocenters. The lowest BCUT2D eigenvalue weighted by molar-refractivity contribution is -0.141. The van der Waals surface area contributed by atoms with E-state index in [0.717, 1.165) is 41.0 Å². The van der Waals surface area contributed by atoms with Crippen LogP contribution in [0.25, 0.3) is 0 Å². The molecule has 9 heteroatoms. The van der Waals surface area contributed by atoms with Gasteiger partial charge in [0.15, 0.2) is 0 Å². The summed E-state index contributed by atoms with van der Waals surface area (Å²) in [6.07, 6.45) is 2.15. The van der Waals surface area contributed by atoms with Gasteiger partial charge in [-0.2, -0.15) is 0 Å². The van der Waals surface area contributed by atoms with Crippen molar-refractivity contribution < 1.29 is 24.6 Å². The lowest BCUT2D eigenvalue weighted by atomic mass is 10.0. The third-order valence-electron chi connectivity index (χ3n) is 6.45. The average molecular weight is 497 g/mol.